The van der Waals surface area contributed by atoms with E-state index < -0.39 is 0 Å². The van der Waals surface area contributed by atoms with Gasteiger partial charge in [-0.25, -0.2) is 0 Å². The number of esters is 1. The fourth-order valence-electron chi connectivity index (χ4n) is 6.43. The summed E-state index contributed by atoms with van der Waals surface area (Å²) in [4.78, 5) is 11.6. The Morgan fingerprint density at radius 3 is 2.76 bits per heavy atom. The standard InChI is InChI=1S/C22H30O3/c1-13-11-15-12-16(24-4)5-6-17(15)18-9-10-22(3)19(21(13)18)7-8-20(22)25-14(2)23/h5-6,12-13,18-21H,7-11H2,1-4H3/t13-,18-,19+,20+,21-,22+/m1/s1. The Balaban J connectivity index is 1.66. The molecule has 3 aliphatic carbocycles. The summed E-state index contributed by atoms with van der Waals surface area (Å²) in [5, 5.41) is 0. The SMILES string of the molecule is COc1ccc2c(c1)C[C@@H](C)[C@@H]1[C@@H]2CC[C@]2(C)[C@@H](OC(C)=O)CC[C@@H]12. The van der Waals surface area contributed by atoms with Gasteiger partial charge in [-0.2, -0.15) is 0 Å². The summed E-state index contributed by atoms with van der Waals surface area (Å²) in [6.45, 7) is 6.35. The van der Waals surface area contributed by atoms with E-state index in [1.165, 1.54) is 18.4 Å². The molecule has 4 rings (SSSR count). The van der Waals surface area contributed by atoms with Gasteiger partial charge in [-0.3, -0.25) is 4.79 Å². The Morgan fingerprint density at radius 2 is 2.04 bits per heavy atom. The minimum Gasteiger partial charge on any atom is -0.497 e. The third kappa shape index (κ3) is 2.58. The van der Waals surface area contributed by atoms with Crippen molar-refractivity contribution in [2.24, 2.45) is 23.2 Å². The van der Waals surface area contributed by atoms with Crippen LogP contribution in [0.5, 0.6) is 5.75 Å². The predicted molar refractivity (Wildman–Crippen MR) is 97.7 cm³/mol. The number of carbonyl (C=O) groups excluding carboxylic acids is 1. The summed E-state index contributed by atoms with van der Waals surface area (Å²) in [6.07, 6.45) is 5.85. The Labute approximate surface area is 151 Å². The van der Waals surface area contributed by atoms with Gasteiger partial charge in [-0.15, -0.1) is 0 Å². The third-order valence-corrected chi connectivity index (χ3v) is 7.50. The average Bonchev–Trinajstić information content (AvgIpc) is 2.90. The summed E-state index contributed by atoms with van der Waals surface area (Å²) in [7, 11) is 1.75. The molecule has 0 aliphatic heterocycles. The van der Waals surface area contributed by atoms with E-state index in [4.69, 9.17) is 9.47 Å². The van der Waals surface area contributed by atoms with Gasteiger partial charge in [0.1, 0.15) is 11.9 Å². The molecular formula is C22H30O3. The van der Waals surface area contributed by atoms with Crippen molar-refractivity contribution in [1.29, 1.82) is 0 Å². The van der Waals surface area contributed by atoms with E-state index in [-0.39, 0.29) is 17.5 Å². The molecule has 25 heavy (non-hydrogen) atoms. The van der Waals surface area contributed by atoms with Gasteiger partial charge in [0.25, 0.3) is 0 Å². The van der Waals surface area contributed by atoms with Crippen LogP contribution in [0.1, 0.15) is 63.5 Å². The Kier molecular flexibility index (Phi) is 4.09. The predicted octanol–water partition coefficient (Wildman–Crippen LogP) is 4.73. The van der Waals surface area contributed by atoms with Crippen LogP contribution in [0, 0.1) is 23.2 Å². The molecular weight excluding hydrogens is 312 g/mol. The lowest BCUT2D eigenvalue weighted by molar-refractivity contribution is -0.155. The van der Waals surface area contributed by atoms with E-state index in [1.54, 1.807) is 19.6 Å². The third-order valence-electron chi connectivity index (χ3n) is 7.50. The van der Waals surface area contributed by atoms with Gasteiger partial charge in [0.05, 0.1) is 7.11 Å². The normalized spacial score (nSPS) is 39.1. The number of hydrogen-bond donors (Lipinski definition) is 0. The van der Waals surface area contributed by atoms with Crippen molar-refractivity contribution < 1.29 is 14.3 Å². The van der Waals surface area contributed by atoms with Crippen molar-refractivity contribution in [3.8, 4) is 5.75 Å². The second kappa shape index (κ2) is 6.03. The van der Waals surface area contributed by atoms with Crippen molar-refractivity contribution >= 4 is 5.97 Å². The van der Waals surface area contributed by atoms with Crippen molar-refractivity contribution in [3.63, 3.8) is 0 Å². The minimum atomic E-state index is -0.122. The van der Waals surface area contributed by atoms with E-state index in [1.807, 2.05) is 0 Å². The van der Waals surface area contributed by atoms with Crippen LogP contribution in [0.2, 0.25) is 0 Å². The molecule has 0 saturated heterocycles. The molecule has 3 aliphatic rings. The van der Waals surface area contributed by atoms with Crippen LogP contribution in [-0.4, -0.2) is 19.2 Å². The first-order chi connectivity index (χ1) is 11.9. The molecule has 0 aromatic heterocycles. The lowest BCUT2D eigenvalue weighted by Gasteiger charge is -2.52. The summed E-state index contributed by atoms with van der Waals surface area (Å²) in [6, 6.07) is 6.67. The maximum atomic E-state index is 11.6. The largest absolute Gasteiger partial charge is 0.497 e. The number of fused-ring (bicyclic) bond motifs is 5. The Bertz CT molecular complexity index is 682. The van der Waals surface area contributed by atoms with Gasteiger partial charge < -0.3 is 9.47 Å². The van der Waals surface area contributed by atoms with Crippen LogP contribution in [0.4, 0.5) is 0 Å². The van der Waals surface area contributed by atoms with Gasteiger partial charge in [-0.05, 0) is 79.0 Å². The lowest BCUT2D eigenvalue weighted by atomic mass is 9.53. The maximum absolute atomic E-state index is 11.6. The van der Waals surface area contributed by atoms with Crippen molar-refractivity contribution in [1.82, 2.24) is 0 Å². The second-order valence-electron chi connectivity index (χ2n) is 8.76. The van der Waals surface area contributed by atoms with Gasteiger partial charge in [0.15, 0.2) is 0 Å². The number of hydrogen-bond acceptors (Lipinski definition) is 3. The Hall–Kier alpha value is -1.51. The van der Waals surface area contributed by atoms with Gasteiger partial charge in [-0.1, -0.05) is 19.9 Å². The zero-order valence-corrected chi connectivity index (χ0v) is 15.9. The topological polar surface area (TPSA) is 35.5 Å². The van der Waals surface area contributed by atoms with Gasteiger partial charge in [0, 0.05) is 12.3 Å². The molecule has 3 heteroatoms. The summed E-state index contributed by atoms with van der Waals surface area (Å²) in [5.41, 5.74) is 3.18. The second-order valence-corrected chi connectivity index (χ2v) is 8.76. The number of carbonyl (C=O) groups is 1. The monoisotopic (exact) mass is 342 g/mol. The molecule has 0 spiro atoms. The van der Waals surface area contributed by atoms with E-state index in [0.29, 0.717) is 23.7 Å². The maximum Gasteiger partial charge on any atom is 0.302 e. The summed E-state index contributed by atoms with van der Waals surface area (Å²) >= 11 is 0. The van der Waals surface area contributed by atoms with Crippen molar-refractivity contribution in [2.45, 2.75) is 64.9 Å². The highest BCUT2D eigenvalue weighted by molar-refractivity contribution is 5.66. The van der Waals surface area contributed by atoms with Crippen LogP contribution in [0.15, 0.2) is 18.2 Å². The van der Waals surface area contributed by atoms with E-state index in [0.717, 1.165) is 25.0 Å². The fourth-order valence-corrected chi connectivity index (χ4v) is 6.43. The quantitative estimate of drug-likeness (QED) is 0.729. The highest BCUT2D eigenvalue weighted by Gasteiger charge is 2.57. The zero-order chi connectivity index (χ0) is 17.8. The molecule has 2 fully saturated rings. The van der Waals surface area contributed by atoms with E-state index in [2.05, 4.69) is 32.0 Å². The smallest absolute Gasteiger partial charge is 0.302 e. The first kappa shape index (κ1) is 16.9. The number of rotatable bonds is 2. The molecule has 0 amide bonds. The molecule has 0 radical (unpaired) electrons. The number of benzene rings is 1. The van der Waals surface area contributed by atoms with Gasteiger partial charge in [0.2, 0.25) is 0 Å². The van der Waals surface area contributed by atoms with Crippen molar-refractivity contribution in [3.05, 3.63) is 29.3 Å². The first-order valence-corrected chi connectivity index (χ1v) is 9.78. The van der Waals surface area contributed by atoms with E-state index >= 15 is 0 Å². The van der Waals surface area contributed by atoms with Crippen molar-refractivity contribution in [2.75, 3.05) is 7.11 Å². The highest BCUT2D eigenvalue weighted by Crippen LogP contribution is 2.62. The molecule has 1 aromatic rings. The lowest BCUT2D eigenvalue weighted by Crippen LogP contribution is -2.47. The van der Waals surface area contributed by atoms with Crippen LogP contribution >= 0.6 is 0 Å². The minimum absolute atomic E-state index is 0.111. The summed E-state index contributed by atoms with van der Waals surface area (Å²) < 4.78 is 11.2. The zero-order valence-electron chi connectivity index (χ0n) is 15.9. The molecule has 6 atom stereocenters. The number of methoxy groups -OCH3 is 1. The fraction of sp³-hybridized carbons (Fsp3) is 0.682. The molecule has 0 bridgehead atoms. The highest BCUT2D eigenvalue weighted by atomic mass is 16.5. The summed E-state index contributed by atoms with van der Waals surface area (Å²) in [5.74, 6) is 3.55. The van der Waals surface area contributed by atoms with Gasteiger partial charge >= 0.3 is 5.97 Å². The Morgan fingerprint density at radius 1 is 1.24 bits per heavy atom. The molecule has 136 valence electrons. The first-order valence-electron chi connectivity index (χ1n) is 9.78. The van der Waals surface area contributed by atoms with Crippen LogP contribution in [-0.2, 0) is 16.0 Å². The molecule has 3 nitrogen and oxygen atoms in total. The van der Waals surface area contributed by atoms with Crippen LogP contribution in [0.25, 0.3) is 0 Å². The molecule has 0 heterocycles. The van der Waals surface area contributed by atoms with Crippen LogP contribution < -0.4 is 4.74 Å². The van der Waals surface area contributed by atoms with Crippen LogP contribution in [0.3, 0.4) is 0 Å². The molecule has 1 aromatic carbocycles. The average molecular weight is 342 g/mol. The molecule has 0 N–H and O–H groups in total. The number of ether oxygens (including phenoxy) is 2. The molecule has 2 saturated carbocycles. The van der Waals surface area contributed by atoms with E-state index in [9.17, 15) is 4.79 Å². The molecule has 0 unspecified atom stereocenters.